The fourth-order valence-corrected chi connectivity index (χ4v) is 1.95. The fourth-order valence-electron chi connectivity index (χ4n) is 1.95. The van der Waals surface area contributed by atoms with E-state index in [2.05, 4.69) is 0 Å². The van der Waals surface area contributed by atoms with Gasteiger partial charge in [-0.25, -0.2) is 0 Å². The SMILES string of the molecule is Nc1cccc(OCCCc2ccccc2)c1[N+](=O)[O-]. The molecule has 5 nitrogen and oxygen atoms in total. The van der Waals surface area contributed by atoms with Gasteiger partial charge in [-0.05, 0) is 30.5 Å². The van der Waals surface area contributed by atoms with Crippen molar-refractivity contribution in [1.82, 2.24) is 0 Å². The number of hydrogen-bond donors (Lipinski definition) is 1. The number of nitrogens with zero attached hydrogens (tertiary/aromatic N) is 1. The van der Waals surface area contributed by atoms with Crippen molar-refractivity contribution in [3.05, 3.63) is 64.2 Å². The quantitative estimate of drug-likeness (QED) is 0.379. The Balaban J connectivity index is 1.92. The Labute approximate surface area is 117 Å². The number of nitrogen functional groups attached to an aromatic ring is 1. The van der Waals surface area contributed by atoms with Crippen molar-refractivity contribution in [3.8, 4) is 5.75 Å². The van der Waals surface area contributed by atoms with E-state index in [9.17, 15) is 10.1 Å². The van der Waals surface area contributed by atoms with Crippen molar-refractivity contribution in [2.75, 3.05) is 12.3 Å². The lowest BCUT2D eigenvalue weighted by Crippen LogP contribution is -2.03. The van der Waals surface area contributed by atoms with Gasteiger partial charge in [0.05, 0.1) is 11.5 Å². The topological polar surface area (TPSA) is 78.4 Å². The minimum atomic E-state index is -0.512. The van der Waals surface area contributed by atoms with Gasteiger partial charge in [-0.3, -0.25) is 10.1 Å². The predicted octanol–water partition coefficient (Wildman–Crippen LogP) is 3.19. The van der Waals surface area contributed by atoms with Crippen LogP contribution in [-0.2, 0) is 6.42 Å². The van der Waals surface area contributed by atoms with Crippen LogP contribution in [0.3, 0.4) is 0 Å². The maximum absolute atomic E-state index is 10.9. The molecular weight excluding hydrogens is 256 g/mol. The van der Waals surface area contributed by atoms with Gasteiger partial charge in [-0.15, -0.1) is 0 Å². The predicted molar refractivity (Wildman–Crippen MR) is 77.8 cm³/mol. The van der Waals surface area contributed by atoms with Gasteiger partial charge < -0.3 is 10.5 Å². The van der Waals surface area contributed by atoms with Crippen LogP contribution in [0, 0.1) is 10.1 Å². The Kier molecular flexibility index (Phi) is 4.55. The highest BCUT2D eigenvalue weighted by Gasteiger charge is 2.18. The third-order valence-corrected chi connectivity index (χ3v) is 2.92. The summed E-state index contributed by atoms with van der Waals surface area (Å²) in [5, 5.41) is 10.9. The van der Waals surface area contributed by atoms with E-state index in [4.69, 9.17) is 10.5 Å². The van der Waals surface area contributed by atoms with Crippen LogP contribution in [0.1, 0.15) is 12.0 Å². The number of benzene rings is 2. The molecule has 20 heavy (non-hydrogen) atoms. The van der Waals surface area contributed by atoms with Crippen LogP contribution < -0.4 is 10.5 Å². The number of nitro benzene ring substituents is 1. The van der Waals surface area contributed by atoms with Crippen LogP contribution in [0.25, 0.3) is 0 Å². The molecular formula is C15H16N2O3. The molecule has 104 valence electrons. The van der Waals surface area contributed by atoms with Gasteiger partial charge in [-0.2, -0.15) is 0 Å². The molecule has 0 saturated heterocycles. The summed E-state index contributed by atoms with van der Waals surface area (Å²) in [6.07, 6.45) is 1.66. The molecule has 0 heterocycles. The first kappa shape index (κ1) is 13.9. The summed E-state index contributed by atoms with van der Waals surface area (Å²) in [5.74, 6) is 0.225. The summed E-state index contributed by atoms with van der Waals surface area (Å²) in [6, 6.07) is 14.7. The number of ether oxygens (including phenoxy) is 1. The monoisotopic (exact) mass is 272 g/mol. The Morgan fingerprint density at radius 3 is 2.55 bits per heavy atom. The minimum Gasteiger partial charge on any atom is -0.487 e. The molecule has 0 aliphatic rings. The molecule has 0 fully saturated rings. The molecule has 0 unspecified atom stereocenters. The first-order chi connectivity index (χ1) is 9.68. The summed E-state index contributed by atoms with van der Waals surface area (Å²) in [5.41, 5.74) is 6.78. The zero-order chi connectivity index (χ0) is 14.4. The summed E-state index contributed by atoms with van der Waals surface area (Å²) in [6.45, 7) is 0.416. The molecule has 0 amide bonds. The number of rotatable bonds is 6. The second-order valence-corrected chi connectivity index (χ2v) is 4.39. The van der Waals surface area contributed by atoms with Gasteiger partial charge in [0.15, 0.2) is 5.75 Å². The van der Waals surface area contributed by atoms with Gasteiger partial charge in [-0.1, -0.05) is 36.4 Å². The van der Waals surface area contributed by atoms with E-state index in [0.717, 1.165) is 12.8 Å². The molecule has 0 atom stereocenters. The van der Waals surface area contributed by atoms with E-state index >= 15 is 0 Å². The van der Waals surface area contributed by atoms with E-state index in [0.29, 0.717) is 6.61 Å². The smallest absolute Gasteiger partial charge is 0.333 e. The van der Waals surface area contributed by atoms with Gasteiger partial charge in [0, 0.05) is 0 Å². The van der Waals surface area contributed by atoms with Crippen LogP contribution in [-0.4, -0.2) is 11.5 Å². The molecule has 2 aromatic carbocycles. The Morgan fingerprint density at radius 2 is 1.85 bits per heavy atom. The molecule has 0 spiro atoms. The van der Waals surface area contributed by atoms with Gasteiger partial charge in [0.25, 0.3) is 0 Å². The van der Waals surface area contributed by atoms with Crippen LogP contribution in [0.2, 0.25) is 0 Å². The highest BCUT2D eigenvalue weighted by atomic mass is 16.6. The van der Waals surface area contributed by atoms with Gasteiger partial charge in [0.2, 0.25) is 0 Å². The van der Waals surface area contributed by atoms with Crippen molar-refractivity contribution >= 4 is 11.4 Å². The van der Waals surface area contributed by atoms with Gasteiger partial charge >= 0.3 is 5.69 Å². The largest absolute Gasteiger partial charge is 0.487 e. The fraction of sp³-hybridized carbons (Fsp3) is 0.200. The average molecular weight is 272 g/mol. The first-order valence-corrected chi connectivity index (χ1v) is 6.38. The standard InChI is InChI=1S/C15H16N2O3/c16-13-9-4-10-14(15(13)17(18)19)20-11-5-8-12-6-2-1-3-7-12/h1-4,6-7,9-10H,5,8,11,16H2. The number of nitro groups is 1. The summed E-state index contributed by atoms with van der Waals surface area (Å²) >= 11 is 0. The second-order valence-electron chi connectivity index (χ2n) is 4.39. The Morgan fingerprint density at radius 1 is 1.10 bits per heavy atom. The lowest BCUT2D eigenvalue weighted by Gasteiger charge is -2.08. The van der Waals surface area contributed by atoms with E-state index in [-0.39, 0.29) is 17.1 Å². The Bertz CT molecular complexity index is 585. The number of nitrogens with two attached hydrogens (primary N) is 1. The first-order valence-electron chi connectivity index (χ1n) is 6.38. The van der Waals surface area contributed by atoms with Crippen molar-refractivity contribution in [2.24, 2.45) is 0 Å². The summed E-state index contributed by atoms with van der Waals surface area (Å²) in [7, 11) is 0. The molecule has 0 saturated carbocycles. The minimum absolute atomic E-state index is 0.121. The number of para-hydroxylation sites is 1. The summed E-state index contributed by atoms with van der Waals surface area (Å²) < 4.78 is 5.48. The number of aryl methyl sites for hydroxylation is 1. The zero-order valence-electron chi connectivity index (χ0n) is 11.0. The molecule has 5 heteroatoms. The zero-order valence-corrected chi connectivity index (χ0v) is 11.0. The van der Waals surface area contributed by atoms with Crippen LogP contribution in [0.15, 0.2) is 48.5 Å². The average Bonchev–Trinajstić information content (AvgIpc) is 2.44. The maximum Gasteiger partial charge on any atom is 0.333 e. The molecule has 2 rings (SSSR count). The highest BCUT2D eigenvalue weighted by molar-refractivity contribution is 5.65. The normalized spacial score (nSPS) is 10.2. The Hall–Kier alpha value is -2.56. The second kappa shape index (κ2) is 6.56. The molecule has 0 aromatic heterocycles. The van der Waals surface area contributed by atoms with Gasteiger partial charge in [0.1, 0.15) is 5.69 Å². The number of anilines is 1. The van der Waals surface area contributed by atoms with Crippen LogP contribution >= 0.6 is 0 Å². The molecule has 0 radical (unpaired) electrons. The molecule has 0 bridgehead atoms. The third kappa shape index (κ3) is 3.47. The van der Waals surface area contributed by atoms with Crippen molar-refractivity contribution in [2.45, 2.75) is 12.8 Å². The number of hydrogen-bond acceptors (Lipinski definition) is 4. The van der Waals surface area contributed by atoms with Crippen molar-refractivity contribution in [1.29, 1.82) is 0 Å². The molecule has 2 N–H and O–H groups in total. The van der Waals surface area contributed by atoms with E-state index in [1.54, 1.807) is 12.1 Å². The van der Waals surface area contributed by atoms with Crippen LogP contribution in [0.4, 0.5) is 11.4 Å². The van der Waals surface area contributed by atoms with Crippen molar-refractivity contribution in [3.63, 3.8) is 0 Å². The highest BCUT2D eigenvalue weighted by Crippen LogP contribution is 2.32. The molecule has 0 aliphatic carbocycles. The van der Waals surface area contributed by atoms with E-state index < -0.39 is 4.92 Å². The third-order valence-electron chi connectivity index (χ3n) is 2.92. The molecule has 0 aliphatic heterocycles. The van der Waals surface area contributed by atoms with E-state index in [1.807, 2.05) is 30.3 Å². The molecule has 2 aromatic rings. The van der Waals surface area contributed by atoms with E-state index in [1.165, 1.54) is 11.6 Å². The lowest BCUT2D eigenvalue weighted by atomic mass is 10.1. The van der Waals surface area contributed by atoms with Crippen molar-refractivity contribution < 1.29 is 9.66 Å². The lowest BCUT2D eigenvalue weighted by molar-refractivity contribution is -0.384. The maximum atomic E-state index is 10.9. The summed E-state index contributed by atoms with van der Waals surface area (Å²) in [4.78, 5) is 10.4. The van der Waals surface area contributed by atoms with Crippen LogP contribution in [0.5, 0.6) is 5.75 Å².